The van der Waals surface area contributed by atoms with Gasteiger partial charge in [-0.1, -0.05) is 220 Å². The highest BCUT2D eigenvalue weighted by molar-refractivity contribution is 6.12. The predicted octanol–water partition coefficient (Wildman–Crippen LogP) is 16.8. The molecule has 1 aliphatic heterocycles. The van der Waals surface area contributed by atoms with Crippen molar-refractivity contribution in [1.82, 2.24) is 0 Å². The summed E-state index contributed by atoms with van der Waals surface area (Å²) in [6, 6.07) is 60.9. The van der Waals surface area contributed by atoms with Crippen LogP contribution in [0.1, 0.15) is 83.7 Å². The lowest BCUT2D eigenvalue weighted by Crippen LogP contribution is -2.32. The molecule has 0 fully saturated rings. The second-order valence-electron chi connectivity index (χ2n) is 17.3. The average molecular weight is 850 g/mol. The lowest BCUT2D eigenvalue weighted by molar-refractivity contribution is 0.741. The molecule has 7 aromatic carbocycles. The molecule has 0 N–H and O–H groups in total. The van der Waals surface area contributed by atoms with Crippen molar-refractivity contribution < 1.29 is 0 Å². The Kier molecular flexibility index (Phi) is 11.9. The Morgan fingerprint density at radius 1 is 0.455 bits per heavy atom. The Balaban J connectivity index is 0.00000252. The van der Waals surface area contributed by atoms with E-state index in [1.807, 2.05) is 13.8 Å². The SMILES string of the molecule is CC.CC1=C(c2cccc(-c3cccc4c3C3=C(C=CCC3)C43c4ccccc4Cc4ccccc4-c4cccc3c4C)c2)/N=C(c2cccc(-c3ccccc3)c2)/C=C/C=C/C=C/C=C\1. The zero-order chi connectivity index (χ0) is 45.0. The quantitative estimate of drug-likeness (QED) is 0.167. The minimum absolute atomic E-state index is 0.479. The van der Waals surface area contributed by atoms with Gasteiger partial charge in [0.2, 0.25) is 0 Å². The monoisotopic (exact) mass is 849 g/mol. The van der Waals surface area contributed by atoms with Gasteiger partial charge in [-0.25, -0.2) is 4.99 Å². The van der Waals surface area contributed by atoms with Crippen LogP contribution in [0.2, 0.25) is 0 Å². The summed E-state index contributed by atoms with van der Waals surface area (Å²) in [6.45, 7) is 8.54. The molecule has 3 aliphatic carbocycles. The summed E-state index contributed by atoms with van der Waals surface area (Å²) in [5, 5.41) is 0. The van der Waals surface area contributed by atoms with Gasteiger partial charge in [-0.15, -0.1) is 0 Å². The van der Waals surface area contributed by atoms with Gasteiger partial charge in [0.1, 0.15) is 0 Å². The third-order valence-corrected chi connectivity index (χ3v) is 13.7. The molecule has 11 rings (SSSR count). The van der Waals surface area contributed by atoms with E-state index in [1.54, 1.807) is 0 Å². The Bertz CT molecular complexity index is 3250. The van der Waals surface area contributed by atoms with Gasteiger partial charge in [-0.2, -0.15) is 0 Å². The minimum Gasteiger partial charge on any atom is -0.248 e. The normalized spacial score (nSPS) is 20.8. The molecule has 0 radical (unpaired) electrons. The standard InChI is InChI=1S/C63H49N.C2H6/c1-43-22-8-5-3-4-6-11-39-60(50-29-18-27-46(40-50)45-23-9-7-10-24-45)64-62(43)51-30-19-28-48(42-51)54-34-21-38-59-61(54)55-32-15-17-36-58(55)63(59)56-37-20-33-52(44(56)2)53-31-14-12-25-47(53)41-49-26-13-16-35-57(49)63;1-2/h3-14,16-31,33-40,42H,15,32,41H2,1-2H3;1-2H3/b4-3?,5-3+,6-4+,8-5?,11-6?,22-8-,39-11+,43-22?,60-39?,62-43-,64-60-,64-62?;. The summed E-state index contributed by atoms with van der Waals surface area (Å²) < 4.78 is 0. The first-order valence-electron chi connectivity index (χ1n) is 23.6. The molecular weight excluding hydrogens is 795 g/mol. The van der Waals surface area contributed by atoms with Gasteiger partial charge >= 0.3 is 0 Å². The maximum absolute atomic E-state index is 5.58. The van der Waals surface area contributed by atoms with E-state index < -0.39 is 5.41 Å². The number of benzene rings is 7. The van der Waals surface area contributed by atoms with Crippen molar-refractivity contribution in [2.24, 2.45) is 4.99 Å². The third kappa shape index (κ3) is 7.45. The van der Waals surface area contributed by atoms with Crippen LogP contribution >= 0.6 is 0 Å². The van der Waals surface area contributed by atoms with Crippen molar-refractivity contribution in [3.05, 3.63) is 286 Å². The molecule has 0 aromatic heterocycles. The van der Waals surface area contributed by atoms with Crippen LogP contribution in [0, 0.1) is 6.92 Å². The van der Waals surface area contributed by atoms with Crippen LogP contribution in [0.4, 0.5) is 0 Å². The number of nitrogens with zero attached hydrogens (tertiary/aromatic N) is 1. The van der Waals surface area contributed by atoms with E-state index in [9.17, 15) is 0 Å². The van der Waals surface area contributed by atoms with E-state index in [1.165, 1.54) is 83.5 Å². The van der Waals surface area contributed by atoms with Crippen LogP contribution < -0.4 is 0 Å². The fraction of sp³-hybridized carbons (Fsp3) is 0.123. The van der Waals surface area contributed by atoms with E-state index in [4.69, 9.17) is 4.99 Å². The Morgan fingerprint density at radius 3 is 1.88 bits per heavy atom. The molecule has 2 bridgehead atoms. The van der Waals surface area contributed by atoms with Gasteiger partial charge < -0.3 is 0 Å². The van der Waals surface area contributed by atoms with Crippen molar-refractivity contribution in [2.45, 2.75) is 52.4 Å². The number of aliphatic imine (C=N–C) groups is 1. The lowest BCUT2D eigenvalue weighted by atomic mass is 9.63. The smallest absolute Gasteiger partial charge is 0.0738 e. The number of allylic oxidation sites excluding steroid dienone is 13. The van der Waals surface area contributed by atoms with E-state index in [2.05, 4.69) is 238 Å². The molecule has 1 spiro atoms. The van der Waals surface area contributed by atoms with Gasteiger partial charge in [-0.05, 0) is 140 Å². The highest BCUT2D eigenvalue weighted by Gasteiger charge is 2.50. The van der Waals surface area contributed by atoms with Gasteiger partial charge in [0, 0.05) is 11.1 Å². The number of hydrogen-bond donors (Lipinski definition) is 0. The van der Waals surface area contributed by atoms with Crippen LogP contribution in [0.25, 0.3) is 44.7 Å². The van der Waals surface area contributed by atoms with Gasteiger partial charge in [0.25, 0.3) is 0 Å². The molecule has 1 atom stereocenters. The van der Waals surface area contributed by atoms with Crippen LogP contribution in [-0.2, 0) is 11.8 Å². The molecule has 7 aromatic rings. The summed E-state index contributed by atoms with van der Waals surface area (Å²) >= 11 is 0. The number of hydrogen-bond acceptors (Lipinski definition) is 1. The summed E-state index contributed by atoms with van der Waals surface area (Å²) in [7, 11) is 0. The Labute approximate surface area is 391 Å². The highest BCUT2D eigenvalue weighted by atomic mass is 14.8. The molecule has 0 amide bonds. The Morgan fingerprint density at radius 2 is 1.05 bits per heavy atom. The first-order valence-corrected chi connectivity index (χ1v) is 23.6. The molecular formula is C65H55N. The molecule has 1 heteroatoms. The van der Waals surface area contributed by atoms with Crippen molar-refractivity contribution in [2.75, 3.05) is 0 Å². The Hall–Kier alpha value is -7.61. The van der Waals surface area contributed by atoms with Gasteiger partial charge in [0.15, 0.2) is 0 Å². The van der Waals surface area contributed by atoms with Crippen molar-refractivity contribution in [1.29, 1.82) is 0 Å². The maximum Gasteiger partial charge on any atom is 0.0738 e. The first kappa shape index (κ1) is 42.3. The summed E-state index contributed by atoms with van der Waals surface area (Å²) in [4.78, 5) is 5.58. The van der Waals surface area contributed by atoms with E-state index in [0.29, 0.717) is 0 Å². The van der Waals surface area contributed by atoms with E-state index in [-0.39, 0.29) is 0 Å². The molecule has 0 saturated heterocycles. The molecule has 0 saturated carbocycles. The van der Waals surface area contributed by atoms with Gasteiger partial charge in [-0.3, -0.25) is 0 Å². The molecule has 1 unspecified atom stereocenters. The molecule has 4 aliphatic rings. The minimum atomic E-state index is -0.479. The lowest BCUT2D eigenvalue weighted by Gasteiger charge is -2.38. The maximum atomic E-state index is 5.58. The van der Waals surface area contributed by atoms with E-state index in [0.717, 1.165) is 47.4 Å². The predicted molar refractivity (Wildman–Crippen MR) is 282 cm³/mol. The topological polar surface area (TPSA) is 12.4 Å². The van der Waals surface area contributed by atoms with Crippen LogP contribution in [0.3, 0.4) is 0 Å². The summed E-state index contributed by atoms with van der Waals surface area (Å²) in [6.07, 6.45) is 24.6. The summed E-state index contributed by atoms with van der Waals surface area (Å²) in [5.74, 6) is 0. The number of rotatable bonds is 4. The van der Waals surface area contributed by atoms with Crippen LogP contribution in [0.5, 0.6) is 0 Å². The average Bonchev–Trinajstić information content (AvgIpc) is 3.67. The zero-order valence-electron chi connectivity index (χ0n) is 38.4. The third-order valence-electron chi connectivity index (χ3n) is 13.7. The first-order chi connectivity index (χ1) is 32.6. The molecule has 320 valence electrons. The number of fused-ring (bicyclic) bond motifs is 11. The largest absolute Gasteiger partial charge is 0.248 e. The van der Waals surface area contributed by atoms with Crippen LogP contribution in [-0.4, -0.2) is 5.71 Å². The fourth-order valence-electron chi connectivity index (χ4n) is 10.8. The zero-order valence-corrected chi connectivity index (χ0v) is 38.4. The molecule has 66 heavy (non-hydrogen) atoms. The second kappa shape index (κ2) is 18.5. The van der Waals surface area contributed by atoms with Crippen molar-refractivity contribution in [3.8, 4) is 33.4 Å². The molecule has 1 heterocycles. The second-order valence-corrected chi connectivity index (χ2v) is 17.3. The fourth-order valence-corrected chi connectivity index (χ4v) is 10.8. The highest BCUT2D eigenvalue weighted by Crippen LogP contribution is 2.61. The van der Waals surface area contributed by atoms with Crippen molar-refractivity contribution >= 4 is 17.0 Å². The summed E-state index contributed by atoms with van der Waals surface area (Å²) in [5.41, 5.74) is 24.5. The van der Waals surface area contributed by atoms with Crippen LogP contribution in [0.15, 0.2) is 241 Å². The van der Waals surface area contributed by atoms with Gasteiger partial charge in [0.05, 0.1) is 16.8 Å². The van der Waals surface area contributed by atoms with E-state index >= 15 is 0 Å². The van der Waals surface area contributed by atoms with Crippen molar-refractivity contribution in [3.63, 3.8) is 0 Å². The molecule has 1 nitrogen and oxygen atoms in total.